The van der Waals surface area contributed by atoms with Crippen LogP contribution < -0.4 is 5.32 Å². The van der Waals surface area contributed by atoms with Gasteiger partial charge in [0.2, 0.25) is 10.0 Å². The standard InChI is InChI=1S/C14H22F2N2O2S/c1-9(2)10(3)18(5)21(19,20)13-7-6-12(15)11(8-17-4)14(13)16/h6-7,9-10,17H,8H2,1-5H3. The Morgan fingerprint density at radius 3 is 2.29 bits per heavy atom. The van der Waals surface area contributed by atoms with E-state index in [0.29, 0.717) is 0 Å². The minimum Gasteiger partial charge on any atom is -0.315 e. The van der Waals surface area contributed by atoms with Gasteiger partial charge < -0.3 is 5.32 Å². The Kier molecular flexibility index (Phi) is 5.83. The Labute approximate surface area is 125 Å². The first kappa shape index (κ1) is 18.0. The van der Waals surface area contributed by atoms with E-state index in [1.807, 2.05) is 13.8 Å². The average molecular weight is 320 g/mol. The molecule has 1 N–H and O–H groups in total. The van der Waals surface area contributed by atoms with Gasteiger partial charge in [0.1, 0.15) is 10.7 Å². The van der Waals surface area contributed by atoms with Crippen LogP contribution in [0.4, 0.5) is 8.78 Å². The second-order valence-electron chi connectivity index (χ2n) is 5.37. The van der Waals surface area contributed by atoms with Crippen LogP contribution in [0.25, 0.3) is 0 Å². The van der Waals surface area contributed by atoms with E-state index in [-0.39, 0.29) is 24.1 Å². The molecule has 0 amide bonds. The Balaban J connectivity index is 3.36. The highest BCUT2D eigenvalue weighted by Crippen LogP contribution is 2.25. The molecule has 0 radical (unpaired) electrons. The van der Waals surface area contributed by atoms with E-state index in [1.54, 1.807) is 6.92 Å². The summed E-state index contributed by atoms with van der Waals surface area (Å²) in [5.41, 5.74) is -0.274. The number of hydrogen-bond donors (Lipinski definition) is 1. The molecule has 0 saturated carbocycles. The SMILES string of the molecule is CNCc1c(F)ccc(S(=O)(=O)N(C)C(C)C(C)C)c1F. The number of halogens is 2. The van der Waals surface area contributed by atoms with Crippen molar-refractivity contribution in [1.29, 1.82) is 0 Å². The summed E-state index contributed by atoms with van der Waals surface area (Å²) in [7, 11) is -1.07. The first-order chi connectivity index (χ1) is 9.64. The minimum atomic E-state index is -4.01. The van der Waals surface area contributed by atoms with Crippen molar-refractivity contribution in [2.75, 3.05) is 14.1 Å². The molecule has 1 aromatic carbocycles. The molecule has 0 fully saturated rings. The van der Waals surface area contributed by atoms with Crippen molar-refractivity contribution < 1.29 is 17.2 Å². The molecule has 0 aromatic heterocycles. The molecule has 1 rings (SSSR count). The van der Waals surface area contributed by atoms with Crippen molar-refractivity contribution in [2.45, 2.75) is 38.3 Å². The minimum absolute atomic E-state index is 0.0741. The van der Waals surface area contributed by atoms with Crippen molar-refractivity contribution in [3.05, 3.63) is 29.3 Å². The number of benzene rings is 1. The topological polar surface area (TPSA) is 49.4 Å². The number of hydrogen-bond acceptors (Lipinski definition) is 3. The third kappa shape index (κ3) is 3.59. The first-order valence-corrected chi connectivity index (χ1v) is 8.18. The second kappa shape index (κ2) is 6.81. The smallest absolute Gasteiger partial charge is 0.245 e. The van der Waals surface area contributed by atoms with E-state index in [2.05, 4.69) is 5.32 Å². The van der Waals surface area contributed by atoms with Gasteiger partial charge in [-0.3, -0.25) is 0 Å². The van der Waals surface area contributed by atoms with Crippen LogP contribution in [-0.4, -0.2) is 32.9 Å². The summed E-state index contributed by atoms with van der Waals surface area (Å²) in [6, 6.07) is 1.66. The van der Waals surface area contributed by atoms with Crippen LogP contribution in [0, 0.1) is 17.6 Å². The molecule has 0 spiro atoms. The van der Waals surface area contributed by atoms with Crippen LogP contribution in [0.3, 0.4) is 0 Å². The van der Waals surface area contributed by atoms with Gasteiger partial charge in [-0.2, -0.15) is 4.31 Å². The number of nitrogens with zero attached hydrogens (tertiary/aromatic N) is 1. The zero-order chi connectivity index (χ0) is 16.4. The zero-order valence-electron chi connectivity index (χ0n) is 12.9. The molecule has 21 heavy (non-hydrogen) atoms. The fraction of sp³-hybridized carbons (Fsp3) is 0.571. The van der Waals surface area contributed by atoms with Crippen LogP contribution in [-0.2, 0) is 16.6 Å². The number of nitrogens with one attached hydrogen (secondary N) is 1. The number of rotatable bonds is 6. The van der Waals surface area contributed by atoms with E-state index in [4.69, 9.17) is 0 Å². The summed E-state index contributed by atoms with van der Waals surface area (Å²) >= 11 is 0. The highest BCUT2D eigenvalue weighted by molar-refractivity contribution is 7.89. The van der Waals surface area contributed by atoms with Crippen molar-refractivity contribution in [1.82, 2.24) is 9.62 Å². The molecule has 4 nitrogen and oxygen atoms in total. The molecule has 7 heteroatoms. The van der Waals surface area contributed by atoms with Crippen LogP contribution in [0.1, 0.15) is 26.3 Å². The number of sulfonamides is 1. The van der Waals surface area contributed by atoms with Gasteiger partial charge in [-0.05, 0) is 32.0 Å². The predicted octanol–water partition coefficient (Wildman–Crippen LogP) is 2.35. The average Bonchev–Trinajstić information content (AvgIpc) is 2.41. The van der Waals surface area contributed by atoms with Crippen LogP contribution in [0.2, 0.25) is 0 Å². The highest BCUT2D eigenvalue weighted by Gasteiger charge is 2.31. The molecule has 1 atom stereocenters. The van der Waals surface area contributed by atoms with Gasteiger partial charge in [0.15, 0.2) is 5.82 Å². The van der Waals surface area contributed by atoms with E-state index in [1.165, 1.54) is 14.1 Å². The molecule has 0 bridgehead atoms. The molecule has 1 unspecified atom stereocenters. The lowest BCUT2D eigenvalue weighted by Crippen LogP contribution is -2.38. The van der Waals surface area contributed by atoms with E-state index < -0.39 is 26.6 Å². The molecular weight excluding hydrogens is 298 g/mol. The van der Waals surface area contributed by atoms with Crippen LogP contribution in [0.5, 0.6) is 0 Å². The quantitative estimate of drug-likeness (QED) is 0.875. The maximum absolute atomic E-state index is 14.4. The third-order valence-electron chi connectivity index (χ3n) is 3.70. The van der Waals surface area contributed by atoms with Crippen molar-refractivity contribution in [3.63, 3.8) is 0 Å². The lowest BCUT2D eigenvalue weighted by Gasteiger charge is -2.27. The highest BCUT2D eigenvalue weighted by atomic mass is 32.2. The molecular formula is C14H22F2N2O2S. The summed E-state index contributed by atoms with van der Waals surface area (Å²) in [5, 5.41) is 2.63. The molecule has 1 aromatic rings. The summed E-state index contributed by atoms with van der Waals surface area (Å²) in [4.78, 5) is -0.496. The monoisotopic (exact) mass is 320 g/mol. The van der Waals surface area contributed by atoms with Gasteiger partial charge in [0, 0.05) is 25.2 Å². The Morgan fingerprint density at radius 1 is 1.24 bits per heavy atom. The molecule has 0 aliphatic heterocycles. The Morgan fingerprint density at radius 2 is 1.81 bits per heavy atom. The summed E-state index contributed by atoms with van der Waals surface area (Å²) in [6.45, 7) is 5.43. The van der Waals surface area contributed by atoms with Crippen molar-refractivity contribution >= 4 is 10.0 Å². The largest absolute Gasteiger partial charge is 0.315 e. The molecule has 0 heterocycles. The lowest BCUT2D eigenvalue weighted by molar-refractivity contribution is 0.314. The molecule has 0 saturated heterocycles. The Hall–Kier alpha value is -1.05. The van der Waals surface area contributed by atoms with Gasteiger partial charge in [-0.25, -0.2) is 17.2 Å². The lowest BCUT2D eigenvalue weighted by atomic mass is 10.1. The maximum Gasteiger partial charge on any atom is 0.245 e. The van der Waals surface area contributed by atoms with Crippen LogP contribution in [0.15, 0.2) is 17.0 Å². The van der Waals surface area contributed by atoms with Gasteiger partial charge in [0.25, 0.3) is 0 Å². The molecule has 120 valence electrons. The van der Waals surface area contributed by atoms with Crippen LogP contribution >= 0.6 is 0 Å². The van der Waals surface area contributed by atoms with Crippen molar-refractivity contribution in [3.8, 4) is 0 Å². The fourth-order valence-electron chi connectivity index (χ4n) is 1.91. The predicted molar refractivity (Wildman–Crippen MR) is 78.4 cm³/mol. The van der Waals surface area contributed by atoms with Gasteiger partial charge in [0.05, 0.1) is 0 Å². The van der Waals surface area contributed by atoms with Crippen molar-refractivity contribution in [2.24, 2.45) is 5.92 Å². The van der Waals surface area contributed by atoms with E-state index in [0.717, 1.165) is 16.4 Å². The van der Waals surface area contributed by atoms with Gasteiger partial charge >= 0.3 is 0 Å². The maximum atomic E-state index is 14.4. The second-order valence-corrected chi connectivity index (χ2v) is 7.34. The van der Waals surface area contributed by atoms with E-state index in [9.17, 15) is 17.2 Å². The van der Waals surface area contributed by atoms with Gasteiger partial charge in [-0.15, -0.1) is 0 Å². The van der Waals surface area contributed by atoms with E-state index >= 15 is 0 Å². The molecule has 0 aliphatic rings. The Bertz CT molecular complexity index is 603. The van der Waals surface area contributed by atoms with Gasteiger partial charge in [-0.1, -0.05) is 13.8 Å². The first-order valence-electron chi connectivity index (χ1n) is 6.74. The zero-order valence-corrected chi connectivity index (χ0v) is 13.8. The normalized spacial score (nSPS) is 14.0. The summed E-state index contributed by atoms with van der Waals surface area (Å²) < 4.78 is 54.1. The third-order valence-corrected chi connectivity index (χ3v) is 5.66. The summed E-state index contributed by atoms with van der Waals surface area (Å²) in [5.74, 6) is -1.72. The summed E-state index contributed by atoms with van der Waals surface area (Å²) in [6.07, 6.45) is 0. The fourth-order valence-corrected chi connectivity index (χ4v) is 3.49. The molecule has 0 aliphatic carbocycles.